The molecule has 0 saturated carbocycles. The lowest BCUT2D eigenvalue weighted by Gasteiger charge is -2.16. The summed E-state index contributed by atoms with van der Waals surface area (Å²) in [5, 5.41) is 5.57. The predicted molar refractivity (Wildman–Crippen MR) is 137 cm³/mol. The quantitative estimate of drug-likeness (QED) is 0.434. The second-order valence-corrected chi connectivity index (χ2v) is 8.37. The van der Waals surface area contributed by atoms with Crippen molar-refractivity contribution < 1.29 is 19.1 Å². The highest BCUT2D eigenvalue weighted by Crippen LogP contribution is 2.31. The van der Waals surface area contributed by atoms with E-state index in [9.17, 15) is 14.4 Å². The Bertz CT molecular complexity index is 1350. The smallest absolute Gasteiger partial charge is 0.283 e. The Hall–Kier alpha value is -4.10. The van der Waals surface area contributed by atoms with Gasteiger partial charge in [0.05, 0.1) is 18.0 Å². The average Bonchev–Trinajstić information content (AvgIpc) is 3.06. The van der Waals surface area contributed by atoms with E-state index in [4.69, 9.17) is 16.3 Å². The number of imide groups is 1. The lowest BCUT2D eigenvalue weighted by atomic mass is 10.1. The van der Waals surface area contributed by atoms with E-state index in [1.807, 2.05) is 39.0 Å². The Balaban J connectivity index is 1.48. The maximum Gasteiger partial charge on any atom is 0.283 e. The monoisotopic (exact) mass is 489 g/mol. The van der Waals surface area contributed by atoms with Gasteiger partial charge in [-0.05, 0) is 80.4 Å². The van der Waals surface area contributed by atoms with E-state index >= 15 is 0 Å². The van der Waals surface area contributed by atoms with Crippen molar-refractivity contribution in [3.05, 3.63) is 94.1 Å². The summed E-state index contributed by atoms with van der Waals surface area (Å²) in [6.45, 7) is 6.21. The highest BCUT2D eigenvalue weighted by Gasteiger charge is 2.39. The summed E-state index contributed by atoms with van der Waals surface area (Å²) < 4.78 is 5.54. The minimum Gasteiger partial charge on any atom is -0.492 e. The van der Waals surface area contributed by atoms with Gasteiger partial charge in [-0.15, -0.1) is 0 Å². The summed E-state index contributed by atoms with van der Waals surface area (Å²) in [7, 11) is 0. The van der Waals surface area contributed by atoms with E-state index in [-0.39, 0.29) is 16.6 Å². The fourth-order valence-corrected chi connectivity index (χ4v) is 3.82. The van der Waals surface area contributed by atoms with Crippen molar-refractivity contribution in [3.8, 4) is 5.75 Å². The molecule has 4 rings (SSSR count). The van der Waals surface area contributed by atoms with Crippen LogP contribution in [0, 0.1) is 13.8 Å². The largest absolute Gasteiger partial charge is 0.492 e. The lowest BCUT2D eigenvalue weighted by molar-refractivity contribution is -0.120. The zero-order chi connectivity index (χ0) is 25.1. The van der Waals surface area contributed by atoms with E-state index in [0.29, 0.717) is 35.0 Å². The van der Waals surface area contributed by atoms with Gasteiger partial charge in [-0.2, -0.15) is 0 Å². The van der Waals surface area contributed by atoms with Crippen LogP contribution in [0.2, 0.25) is 0 Å². The average molecular weight is 490 g/mol. The number of halogens is 1. The van der Waals surface area contributed by atoms with Gasteiger partial charge < -0.3 is 15.4 Å². The number of carbonyl (C=O) groups is 3. The van der Waals surface area contributed by atoms with E-state index < -0.39 is 11.8 Å². The summed E-state index contributed by atoms with van der Waals surface area (Å²) in [5.41, 5.74) is 3.93. The van der Waals surface area contributed by atoms with Gasteiger partial charge in [0.2, 0.25) is 0 Å². The van der Waals surface area contributed by atoms with Crippen molar-refractivity contribution in [1.29, 1.82) is 0 Å². The van der Waals surface area contributed by atoms with Crippen LogP contribution in [0.5, 0.6) is 5.75 Å². The van der Waals surface area contributed by atoms with Crippen molar-refractivity contribution in [2.24, 2.45) is 0 Å². The first-order valence-corrected chi connectivity index (χ1v) is 11.4. The number of nitrogens with zero attached hydrogens (tertiary/aromatic N) is 1. The van der Waals surface area contributed by atoms with Crippen molar-refractivity contribution in [1.82, 2.24) is 0 Å². The third-order valence-corrected chi connectivity index (χ3v) is 5.98. The molecule has 1 aliphatic rings. The molecule has 0 radical (unpaired) electrons. The normalized spacial score (nSPS) is 13.3. The number of carbonyl (C=O) groups excluding carboxylic acids is 3. The number of nitrogens with one attached hydrogen (secondary N) is 2. The molecule has 3 aromatic rings. The van der Waals surface area contributed by atoms with Gasteiger partial charge in [-0.25, -0.2) is 4.90 Å². The fourth-order valence-electron chi connectivity index (χ4n) is 3.61. The van der Waals surface area contributed by atoms with E-state index in [1.165, 1.54) is 0 Å². The van der Waals surface area contributed by atoms with Crippen molar-refractivity contribution >= 4 is 46.4 Å². The van der Waals surface area contributed by atoms with Crippen molar-refractivity contribution in [2.75, 3.05) is 22.1 Å². The molecule has 0 spiro atoms. The van der Waals surface area contributed by atoms with Gasteiger partial charge in [-0.3, -0.25) is 14.4 Å². The number of anilines is 3. The maximum absolute atomic E-state index is 13.0. The SMILES string of the molecule is CCOc1ccccc1NC(=O)c1ccc(NC2=C(Cl)C(=O)N(c3ccc(C)c(C)c3)C2=O)cc1. The van der Waals surface area contributed by atoms with Crippen LogP contribution in [0.15, 0.2) is 77.5 Å². The van der Waals surface area contributed by atoms with Crippen LogP contribution in [0.25, 0.3) is 0 Å². The molecule has 35 heavy (non-hydrogen) atoms. The highest BCUT2D eigenvalue weighted by molar-refractivity contribution is 6.53. The minimum absolute atomic E-state index is 0.0160. The number of rotatable bonds is 7. The van der Waals surface area contributed by atoms with E-state index in [2.05, 4.69) is 10.6 Å². The van der Waals surface area contributed by atoms with Crippen LogP contribution in [-0.4, -0.2) is 24.3 Å². The molecule has 7 nitrogen and oxygen atoms in total. The Labute approximate surface area is 208 Å². The summed E-state index contributed by atoms with van der Waals surface area (Å²) in [5.74, 6) is -0.862. The van der Waals surface area contributed by atoms with Crippen molar-refractivity contribution in [2.45, 2.75) is 20.8 Å². The lowest BCUT2D eigenvalue weighted by Crippen LogP contribution is -2.32. The second-order valence-electron chi connectivity index (χ2n) is 7.99. The summed E-state index contributed by atoms with van der Waals surface area (Å²) in [4.78, 5) is 39.5. The molecule has 0 atom stereocenters. The summed E-state index contributed by atoms with van der Waals surface area (Å²) in [6.07, 6.45) is 0. The number of para-hydroxylation sites is 2. The Morgan fingerprint density at radius 3 is 2.34 bits per heavy atom. The first-order valence-electron chi connectivity index (χ1n) is 11.1. The third-order valence-electron chi connectivity index (χ3n) is 5.63. The van der Waals surface area contributed by atoms with Crippen LogP contribution in [0.3, 0.4) is 0 Å². The predicted octanol–water partition coefficient (Wildman–Crippen LogP) is 5.39. The molecule has 0 unspecified atom stereocenters. The Morgan fingerprint density at radius 2 is 1.66 bits per heavy atom. The zero-order valence-electron chi connectivity index (χ0n) is 19.5. The molecule has 3 amide bonds. The molecule has 2 N–H and O–H groups in total. The van der Waals surface area contributed by atoms with Gasteiger partial charge in [0.25, 0.3) is 17.7 Å². The molecule has 0 aliphatic carbocycles. The first-order chi connectivity index (χ1) is 16.8. The number of hydrogen-bond donors (Lipinski definition) is 2. The molecule has 1 heterocycles. The van der Waals surface area contributed by atoms with Crippen LogP contribution < -0.4 is 20.3 Å². The molecule has 1 aliphatic heterocycles. The number of aryl methyl sites for hydroxylation is 2. The van der Waals surface area contributed by atoms with E-state index in [0.717, 1.165) is 16.0 Å². The maximum atomic E-state index is 13.0. The van der Waals surface area contributed by atoms with Gasteiger partial charge in [0.1, 0.15) is 16.5 Å². The number of amides is 3. The molecular formula is C27H24ClN3O4. The third kappa shape index (κ3) is 4.90. The van der Waals surface area contributed by atoms with Crippen LogP contribution in [0.4, 0.5) is 17.1 Å². The summed E-state index contributed by atoms with van der Waals surface area (Å²) in [6, 6.07) is 19.0. The fraction of sp³-hybridized carbons (Fsp3) is 0.148. The standard InChI is InChI=1S/C27H24ClN3O4/c1-4-35-22-8-6-5-7-21(22)30-25(32)18-10-12-19(13-11-18)29-24-23(28)26(33)31(27(24)34)20-14-9-16(2)17(3)15-20/h5-15,29H,4H2,1-3H3,(H,30,32). The van der Waals surface area contributed by atoms with Gasteiger partial charge in [-0.1, -0.05) is 29.8 Å². The number of benzene rings is 3. The zero-order valence-corrected chi connectivity index (χ0v) is 20.3. The Morgan fingerprint density at radius 1 is 0.943 bits per heavy atom. The van der Waals surface area contributed by atoms with Gasteiger partial charge in [0.15, 0.2) is 0 Å². The molecule has 0 aromatic heterocycles. The first kappa shape index (κ1) is 24.0. The molecule has 3 aromatic carbocycles. The molecule has 8 heteroatoms. The van der Waals surface area contributed by atoms with Gasteiger partial charge >= 0.3 is 0 Å². The molecule has 0 fully saturated rings. The molecular weight excluding hydrogens is 466 g/mol. The van der Waals surface area contributed by atoms with E-state index in [1.54, 1.807) is 48.5 Å². The number of hydrogen-bond acceptors (Lipinski definition) is 5. The highest BCUT2D eigenvalue weighted by atomic mass is 35.5. The van der Waals surface area contributed by atoms with Crippen molar-refractivity contribution in [3.63, 3.8) is 0 Å². The topological polar surface area (TPSA) is 87.7 Å². The molecule has 0 saturated heterocycles. The van der Waals surface area contributed by atoms with Crippen LogP contribution >= 0.6 is 11.6 Å². The number of ether oxygens (including phenoxy) is 1. The van der Waals surface area contributed by atoms with Crippen LogP contribution in [0.1, 0.15) is 28.4 Å². The second kappa shape index (κ2) is 10.0. The molecule has 0 bridgehead atoms. The van der Waals surface area contributed by atoms with Crippen LogP contribution in [-0.2, 0) is 9.59 Å². The molecule has 178 valence electrons. The summed E-state index contributed by atoms with van der Waals surface area (Å²) >= 11 is 6.23. The van der Waals surface area contributed by atoms with Gasteiger partial charge in [0, 0.05) is 11.3 Å². The Kier molecular flexibility index (Phi) is 6.89. The minimum atomic E-state index is -0.591.